The number of hydrogen-bond donors (Lipinski definition) is 2. The Morgan fingerprint density at radius 3 is 2.74 bits per heavy atom. The van der Waals surface area contributed by atoms with Gasteiger partial charge in [-0.05, 0) is 24.6 Å². The Morgan fingerprint density at radius 2 is 2.16 bits per heavy atom. The fourth-order valence-corrected chi connectivity index (χ4v) is 3.40. The Kier molecular flexibility index (Phi) is 3.67. The standard InChI is InChI=1S/C10H11FN4O2S2/c1-2-9-13-14-10(18-9)15-19(16,17)8-4-3-6(11)5-7(8)12/h3-5H,2,12H2,1H3,(H,14,15). The van der Waals surface area contributed by atoms with Crippen molar-refractivity contribution in [2.75, 3.05) is 10.5 Å². The molecule has 19 heavy (non-hydrogen) atoms. The fraction of sp³-hybridized carbons (Fsp3) is 0.200. The summed E-state index contributed by atoms with van der Waals surface area (Å²) in [6.07, 6.45) is 0.665. The second-order valence-electron chi connectivity index (χ2n) is 3.64. The van der Waals surface area contributed by atoms with Gasteiger partial charge in [-0.15, -0.1) is 10.2 Å². The van der Waals surface area contributed by atoms with Crippen LogP contribution in [-0.2, 0) is 16.4 Å². The van der Waals surface area contributed by atoms with Crippen LogP contribution in [0.2, 0.25) is 0 Å². The zero-order chi connectivity index (χ0) is 14.0. The molecule has 0 aliphatic carbocycles. The monoisotopic (exact) mass is 302 g/mol. The number of anilines is 2. The third-order valence-electron chi connectivity index (χ3n) is 2.25. The molecule has 102 valence electrons. The van der Waals surface area contributed by atoms with E-state index in [0.29, 0.717) is 11.4 Å². The number of sulfonamides is 1. The summed E-state index contributed by atoms with van der Waals surface area (Å²) in [7, 11) is -3.89. The topological polar surface area (TPSA) is 98.0 Å². The average molecular weight is 302 g/mol. The van der Waals surface area contributed by atoms with Crippen molar-refractivity contribution in [3.63, 3.8) is 0 Å². The molecule has 0 aliphatic heterocycles. The summed E-state index contributed by atoms with van der Waals surface area (Å²) in [5.41, 5.74) is 5.34. The molecule has 0 radical (unpaired) electrons. The highest BCUT2D eigenvalue weighted by molar-refractivity contribution is 7.93. The van der Waals surface area contributed by atoms with Gasteiger partial charge in [-0.1, -0.05) is 18.3 Å². The van der Waals surface area contributed by atoms with Gasteiger partial charge in [0.15, 0.2) is 0 Å². The Bertz CT molecular complexity index is 699. The maximum atomic E-state index is 12.9. The summed E-state index contributed by atoms with van der Waals surface area (Å²) in [5, 5.41) is 8.37. The van der Waals surface area contributed by atoms with E-state index in [0.717, 1.165) is 29.5 Å². The lowest BCUT2D eigenvalue weighted by molar-refractivity contribution is 0.600. The van der Waals surface area contributed by atoms with Crippen molar-refractivity contribution in [2.24, 2.45) is 0 Å². The van der Waals surface area contributed by atoms with Crippen molar-refractivity contribution in [2.45, 2.75) is 18.2 Å². The fourth-order valence-electron chi connectivity index (χ4n) is 1.37. The van der Waals surface area contributed by atoms with Crippen molar-refractivity contribution < 1.29 is 12.8 Å². The van der Waals surface area contributed by atoms with Gasteiger partial charge in [-0.3, -0.25) is 4.72 Å². The molecule has 2 rings (SSSR count). The first-order valence-electron chi connectivity index (χ1n) is 5.32. The molecule has 0 atom stereocenters. The van der Waals surface area contributed by atoms with Crippen LogP contribution in [0.1, 0.15) is 11.9 Å². The van der Waals surface area contributed by atoms with E-state index in [2.05, 4.69) is 14.9 Å². The highest BCUT2D eigenvalue weighted by atomic mass is 32.2. The molecule has 0 spiro atoms. The van der Waals surface area contributed by atoms with E-state index in [4.69, 9.17) is 5.73 Å². The second kappa shape index (κ2) is 5.10. The number of nitrogens with one attached hydrogen (secondary N) is 1. The van der Waals surface area contributed by atoms with Crippen molar-refractivity contribution in [3.8, 4) is 0 Å². The number of aromatic nitrogens is 2. The van der Waals surface area contributed by atoms with Crippen LogP contribution in [0.5, 0.6) is 0 Å². The first kappa shape index (κ1) is 13.7. The van der Waals surface area contributed by atoms with Gasteiger partial charge in [0.05, 0.1) is 5.69 Å². The molecule has 2 aromatic rings. The van der Waals surface area contributed by atoms with E-state index in [9.17, 15) is 12.8 Å². The Labute approximate surface area is 113 Å². The lowest BCUT2D eigenvalue weighted by Crippen LogP contribution is -2.14. The van der Waals surface area contributed by atoms with Crippen molar-refractivity contribution >= 4 is 32.2 Å². The first-order valence-corrected chi connectivity index (χ1v) is 7.62. The van der Waals surface area contributed by atoms with E-state index in [1.54, 1.807) is 0 Å². The Balaban J connectivity index is 2.32. The Hall–Kier alpha value is -1.74. The molecule has 0 unspecified atom stereocenters. The number of benzene rings is 1. The van der Waals surface area contributed by atoms with Crippen LogP contribution < -0.4 is 10.5 Å². The molecule has 0 fully saturated rings. The highest BCUT2D eigenvalue weighted by Crippen LogP contribution is 2.24. The summed E-state index contributed by atoms with van der Waals surface area (Å²) < 4.78 is 39.3. The number of hydrogen-bond acceptors (Lipinski definition) is 6. The summed E-state index contributed by atoms with van der Waals surface area (Å²) in [6, 6.07) is 3.09. The number of nitrogens with two attached hydrogens (primary N) is 1. The number of aryl methyl sites for hydroxylation is 1. The van der Waals surface area contributed by atoms with Crippen LogP contribution >= 0.6 is 11.3 Å². The van der Waals surface area contributed by atoms with Crippen molar-refractivity contribution in [3.05, 3.63) is 29.0 Å². The average Bonchev–Trinajstić information content (AvgIpc) is 2.75. The van der Waals surface area contributed by atoms with E-state index in [1.165, 1.54) is 0 Å². The third-order valence-corrected chi connectivity index (χ3v) is 4.78. The molecule has 0 saturated heterocycles. The molecule has 0 aliphatic rings. The first-order chi connectivity index (χ1) is 8.92. The zero-order valence-electron chi connectivity index (χ0n) is 9.92. The minimum atomic E-state index is -3.89. The van der Waals surface area contributed by atoms with Gasteiger partial charge in [-0.25, -0.2) is 12.8 Å². The van der Waals surface area contributed by atoms with Crippen LogP contribution in [-0.4, -0.2) is 18.6 Å². The number of rotatable bonds is 4. The second-order valence-corrected chi connectivity index (χ2v) is 6.36. The molecule has 1 aromatic heterocycles. The SMILES string of the molecule is CCc1nnc(NS(=O)(=O)c2ccc(F)cc2N)s1. The molecule has 0 bridgehead atoms. The lowest BCUT2D eigenvalue weighted by Gasteiger charge is -2.07. The molecule has 3 N–H and O–H groups in total. The summed E-state index contributed by atoms with van der Waals surface area (Å²) in [6.45, 7) is 1.89. The van der Waals surface area contributed by atoms with Gasteiger partial charge >= 0.3 is 0 Å². The van der Waals surface area contributed by atoms with Crippen LogP contribution in [0.25, 0.3) is 0 Å². The molecule has 1 aromatic carbocycles. The minimum Gasteiger partial charge on any atom is -0.398 e. The molecule has 0 saturated carbocycles. The van der Waals surface area contributed by atoms with Crippen LogP contribution in [0.15, 0.2) is 23.1 Å². The normalized spacial score (nSPS) is 11.5. The van der Waals surface area contributed by atoms with E-state index in [-0.39, 0.29) is 15.7 Å². The maximum Gasteiger partial charge on any atom is 0.265 e. The number of nitrogen functional groups attached to an aromatic ring is 1. The zero-order valence-corrected chi connectivity index (χ0v) is 11.6. The van der Waals surface area contributed by atoms with Gasteiger partial charge in [0, 0.05) is 0 Å². The predicted molar refractivity (Wildman–Crippen MR) is 70.9 cm³/mol. The van der Waals surface area contributed by atoms with Gasteiger partial charge in [0.25, 0.3) is 10.0 Å². The molecular formula is C10H11FN4O2S2. The van der Waals surface area contributed by atoms with Crippen LogP contribution in [0.3, 0.4) is 0 Å². The third kappa shape index (κ3) is 2.99. The lowest BCUT2D eigenvalue weighted by atomic mass is 10.3. The van der Waals surface area contributed by atoms with E-state index < -0.39 is 15.8 Å². The summed E-state index contributed by atoms with van der Waals surface area (Å²) in [5.74, 6) is -0.597. The summed E-state index contributed by atoms with van der Waals surface area (Å²) in [4.78, 5) is -0.192. The molecular weight excluding hydrogens is 291 g/mol. The Morgan fingerprint density at radius 1 is 1.42 bits per heavy atom. The molecule has 6 nitrogen and oxygen atoms in total. The number of halogens is 1. The van der Waals surface area contributed by atoms with Gasteiger partial charge < -0.3 is 5.73 Å². The quantitative estimate of drug-likeness (QED) is 0.836. The maximum absolute atomic E-state index is 12.9. The van der Waals surface area contributed by atoms with Crippen LogP contribution in [0, 0.1) is 5.82 Å². The molecule has 0 amide bonds. The summed E-state index contributed by atoms with van der Waals surface area (Å²) >= 11 is 1.14. The molecule has 9 heteroatoms. The van der Waals surface area contributed by atoms with Crippen molar-refractivity contribution in [1.29, 1.82) is 0 Å². The van der Waals surface area contributed by atoms with Gasteiger partial charge in [-0.2, -0.15) is 0 Å². The van der Waals surface area contributed by atoms with Gasteiger partial charge in [0.1, 0.15) is 15.7 Å². The van der Waals surface area contributed by atoms with E-state index in [1.807, 2.05) is 6.92 Å². The predicted octanol–water partition coefficient (Wildman–Crippen LogP) is 1.62. The highest BCUT2D eigenvalue weighted by Gasteiger charge is 2.19. The largest absolute Gasteiger partial charge is 0.398 e. The minimum absolute atomic E-state index is 0.153. The molecule has 1 heterocycles. The van der Waals surface area contributed by atoms with E-state index >= 15 is 0 Å². The van der Waals surface area contributed by atoms with Gasteiger partial charge in [0.2, 0.25) is 5.13 Å². The van der Waals surface area contributed by atoms with Crippen LogP contribution in [0.4, 0.5) is 15.2 Å². The van der Waals surface area contributed by atoms with Crippen molar-refractivity contribution in [1.82, 2.24) is 10.2 Å². The number of nitrogens with zero attached hydrogens (tertiary/aromatic N) is 2. The smallest absolute Gasteiger partial charge is 0.265 e.